The average Bonchev–Trinajstić information content (AvgIpc) is 3.00. The number of aromatic nitrogens is 2. The maximum absolute atomic E-state index is 12.8. The van der Waals surface area contributed by atoms with Crippen LogP contribution in [-0.2, 0) is 11.3 Å². The molecule has 2 N–H and O–H groups in total. The highest BCUT2D eigenvalue weighted by Crippen LogP contribution is 2.33. The highest BCUT2D eigenvalue weighted by Gasteiger charge is 2.49. The van der Waals surface area contributed by atoms with Crippen molar-refractivity contribution in [1.82, 2.24) is 14.7 Å². The SMILES string of the molecule is NC1CN(C(=O)Cn2cc3ccccc3n2)CC1C(F)(F)F. The zero-order chi connectivity index (χ0) is 15.9. The number of halogens is 3. The second kappa shape index (κ2) is 5.28. The van der Waals surface area contributed by atoms with Crippen molar-refractivity contribution in [3.05, 3.63) is 30.5 Å². The molecule has 22 heavy (non-hydrogen) atoms. The van der Waals surface area contributed by atoms with Crippen LogP contribution in [0.2, 0.25) is 0 Å². The number of likely N-dealkylation sites (tertiary alicyclic amines) is 1. The van der Waals surface area contributed by atoms with E-state index in [1.165, 1.54) is 4.68 Å². The van der Waals surface area contributed by atoms with Crippen molar-refractivity contribution in [3.8, 4) is 0 Å². The van der Waals surface area contributed by atoms with Crippen LogP contribution in [0.25, 0.3) is 10.9 Å². The standard InChI is InChI=1S/C14H15F3N4O/c15-14(16,17)10-6-20(7-11(10)18)13(22)8-21-5-9-3-1-2-4-12(9)19-21/h1-5,10-11H,6-8,18H2. The van der Waals surface area contributed by atoms with Gasteiger partial charge in [0.2, 0.25) is 5.91 Å². The van der Waals surface area contributed by atoms with Crippen LogP contribution in [0.4, 0.5) is 13.2 Å². The Labute approximate surface area is 124 Å². The van der Waals surface area contributed by atoms with Gasteiger partial charge in [-0.1, -0.05) is 18.2 Å². The van der Waals surface area contributed by atoms with E-state index in [1.807, 2.05) is 24.3 Å². The van der Waals surface area contributed by atoms with E-state index >= 15 is 0 Å². The van der Waals surface area contributed by atoms with Gasteiger partial charge >= 0.3 is 6.18 Å². The van der Waals surface area contributed by atoms with Crippen LogP contribution in [0.15, 0.2) is 30.5 Å². The van der Waals surface area contributed by atoms with Gasteiger partial charge < -0.3 is 10.6 Å². The normalized spacial score (nSPS) is 22.5. The number of hydrogen-bond donors (Lipinski definition) is 1. The number of carbonyl (C=O) groups excluding carboxylic acids is 1. The molecular weight excluding hydrogens is 297 g/mol. The summed E-state index contributed by atoms with van der Waals surface area (Å²) >= 11 is 0. The van der Waals surface area contributed by atoms with Crippen LogP contribution >= 0.6 is 0 Å². The van der Waals surface area contributed by atoms with Crippen LogP contribution in [-0.4, -0.2) is 45.9 Å². The van der Waals surface area contributed by atoms with E-state index in [4.69, 9.17) is 5.73 Å². The van der Waals surface area contributed by atoms with Crippen molar-refractivity contribution in [2.45, 2.75) is 18.8 Å². The van der Waals surface area contributed by atoms with Crippen LogP contribution in [0.1, 0.15) is 0 Å². The first-order chi connectivity index (χ1) is 10.3. The number of fused-ring (bicyclic) bond motifs is 1. The minimum Gasteiger partial charge on any atom is -0.339 e. The van der Waals surface area contributed by atoms with E-state index in [9.17, 15) is 18.0 Å². The Balaban J connectivity index is 1.70. The summed E-state index contributed by atoms with van der Waals surface area (Å²) in [6.45, 7) is -0.555. The number of hydrogen-bond acceptors (Lipinski definition) is 3. The highest BCUT2D eigenvalue weighted by atomic mass is 19.4. The number of alkyl halides is 3. The maximum Gasteiger partial charge on any atom is 0.395 e. The van der Waals surface area contributed by atoms with Gasteiger partial charge in [0.25, 0.3) is 0 Å². The molecule has 2 unspecified atom stereocenters. The Morgan fingerprint density at radius 2 is 2.05 bits per heavy atom. The molecule has 3 rings (SSSR count). The zero-order valence-corrected chi connectivity index (χ0v) is 11.6. The van der Waals surface area contributed by atoms with Crippen LogP contribution in [0.5, 0.6) is 0 Å². The fourth-order valence-electron chi connectivity index (χ4n) is 2.71. The monoisotopic (exact) mass is 312 g/mol. The Bertz CT molecular complexity index is 664. The quantitative estimate of drug-likeness (QED) is 0.911. The fraction of sp³-hybridized carbons (Fsp3) is 0.429. The molecule has 0 bridgehead atoms. The lowest BCUT2D eigenvalue weighted by molar-refractivity contribution is -0.173. The van der Waals surface area contributed by atoms with Gasteiger partial charge in [0.05, 0.1) is 11.4 Å². The molecular formula is C14H15F3N4O. The molecule has 2 atom stereocenters. The lowest BCUT2D eigenvalue weighted by Gasteiger charge is -2.18. The van der Waals surface area contributed by atoms with Gasteiger partial charge in [-0.25, -0.2) is 0 Å². The molecule has 1 aliphatic heterocycles. The number of nitrogens with two attached hydrogens (primary N) is 1. The molecule has 5 nitrogen and oxygen atoms in total. The lowest BCUT2D eigenvalue weighted by atomic mass is 10.1. The number of carbonyl (C=O) groups is 1. The molecule has 8 heteroatoms. The molecule has 0 aliphatic carbocycles. The van der Waals surface area contributed by atoms with Crippen LogP contribution < -0.4 is 5.73 Å². The van der Waals surface area contributed by atoms with Gasteiger partial charge in [0.15, 0.2) is 0 Å². The first-order valence-corrected chi connectivity index (χ1v) is 6.87. The van der Waals surface area contributed by atoms with Crippen LogP contribution in [0, 0.1) is 5.92 Å². The highest BCUT2D eigenvalue weighted by molar-refractivity contribution is 5.80. The average molecular weight is 312 g/mol. The van der Waals surface area contributed by atoms with Crippen molar-refractivity contribution in [2.24, 2.45) is 11.7 Å². The number of rotatable bonds is 2. The number of benzene rings is 1. The summed E-state index contributed by atoms with van der Waals surface area (Å²) in [5, 5.41) is 5.10. The summed E-state index contributed by atoms with van der Waals surface area (Å²) < 4.78 is 39.8. The zero-order valence-electron chi connectivity index (χ0n) is 11.6. The molecule has 118 valence electrons. The summed E-state index contributed by atoms with van der Waals surface area (Å²) in [5.74, 6) is -2.07. The van der Waals surface area contributed by atoms with E-state index in [-0.39, 0.29) is 19.6 Å². The van der Waals surface area contributed by atoms with Gasteiger partial charge in [-0.15, -0.1) is 0 Å². The van der Waals surface area contributed by atoms with E-state index in [0.29, 0.717) is 0 Å². The molecule has 1 fully saturated rings. The van der Waals surface area contributed by atoms with Gasteiger partial charge in [-0.05, 0) is 6.07 Å². The van der Waals surface area contributed by atoms with Crippen LogP contribution in [0.3, 0.4) is 0 Å². The molecule has 2 heterocycles. The van der Waals surface area contributed by atoms with Gasteiger partial charge in [0.1, 0.15) is 6.54 Å². The smallest absolute Gasteiger partial charge is 0.339 e. The fourth-order valence-corrected chi connectivity index (χ4v) is 2.71. The van der Waals surface area contributed by atoms with Crippen molar-refractivity contribution in [2.75, 3.05) is 13.1 Å². The molecule has 1 amide bonds. The van der Waals surface area contributed by atoms with Crippen molar-refractivity contribution < 1.29 is 18.0 Å². The Morgan fingerprint density at radius 1 is 1.32 bits per heavy atom. The third kappa shape index (κ3) is 2.78. The summed E-state index contributed by atoms with van der Waals surface area (Å²) in [7, 11) is 0. The summed E-state index contributed by atoms with van der Waals surface area (Å²) in [6.07, 6.45) is -2.68. The number of amides is 1. The van der Waals surface area contributed by atoms with E-state index in [2.05, 4.69) is 5.10 Å². The minimum atomic E-state index is -4.38. The van der Waals surface area contributed by atoms with Crippen molar-refractivity contribution >= 4 is 16.8 Å². The molecule has 0 saturated carbocycles. The van der Waals surface area contributed by atoms with Gasteiger partial charge in [0, 0.05) is 30.7 Å². The molecule has 1 aromatic heterocycles. The molecule has 1 aliphatic rings. The predicted octanol–water partition coefficient (Wildman–Crippen LogP) is 1.38. The Hall–Kier alpha value is -2.09. The summed E-state index contributed by atoms with van der Waals surface area (Å²) in [6, 6.07) is 6.27. The van der Waals surface area contributed by atoms with E-state index in [1.54, 1.807) is 6.20 Å². The molecule has 1 aromatic carbocycles. The largest absolute Gasteiger partial charge is 0.395 e. The molecule has 1 saturated heterocycles. The second-order valence-electron chi connectivity index (χ2n) is 5.50. The summed E-state index contributed by atoms with van der Waals surface area (Å²) in [5.41, 5.74) is 6.25. The Kier molecular flexibility index (Phi) is 3.56. The van der Waals surface area contributed by atoms with Gasteiger partial charge in [-0.3, -0.25) is 9.48 Å². The minimum absolute atomic E-state index is 0.0796. The van der Waals surface area contributed by atoms with Crippen molar-refractivity contribution in [3.63, 3.8) is 0 Å². The Morgan fingerprint density at radius 3 is 2.68 bits per heavy atom. The van der Waals surface area contributed by atoms with E-state index < -0.39 is 24.0 Å². The van der Waals surface area contributed by atoms with Gasteiger partial charge in [-0.2, -0.15) is 18.3 Å². The predicted molar refractivity (Wildman–Crippen MR) is 73.8 cm³/mol. The maximum atomic E-state index is 12.8. The molecule has 2 aromatic rings. The lowest BCUT2D eigenvalue weighted by Crippen LogP contribution is -2.38. The third-order valence-corrected chi connectivity index (χ3v) is 3.90. The third-order valence-electron chi connectivity index (χ3n) is 3.90. The molecule has 0 spiro atoms. The number of nitrogens with zero attached hydrogens (tertiary/aromatic N) is 3. The second-order valence-corrected chi connectivity index (χ2v) is 5.50. The van der Waals surface area contributed by atoms with E-state index in [0.717, 1.165) is 15.8 Å². The topological polar surface area (TPSA) is 64.2 Å². The van der Waals surface area contributed by atoms with Crippen molar-refractivity contribution in [1.29, 1.82) is 0 Å². The first-order valence-electron chi connectivity index (χ1n) is 6.87. The first kappa shape index (κ1) is 14.8. The summed E-state index contributed by atoms with van der Waals surface area (Å²) in [4.78, 5) is 13.3. The molecule has 0 radical (unpaired) electrons.